The quantitative estimate of drug-likeness (QED) is 0.598. The van der Waals surface area contributed by atoms with E-state index in [1.54, 1.807) is 0 Å². The fourth-order valence-corrected chi connectivity index (χ4v) is 2.67. The Morgan fingerprint density at radius 1 is 0.957 bits per heavy atom. The maximum absolute atomic E-state index is 4.49. The maximum Gasteiger partial charge on any atom is 0.110 e. The summed E-state index contributed by atoms with van der Waals surface area (Å²) >= 11 is 0. The Bertz CT molecular complexity index is 825. The molecule has 0 amide bonds. The molecule has 0 aliphatic carbocycles. The fraction of sp³-hybridized carbons (Fsp3) is 0.0952. The molecule has 2 aromatic carbocycles. The predicted molar refractivity (Wildman–Crippen MR) is 97.4 cm³/mol. The van der Waals surface area contributed by atoms with Crippen LogP contribution in [0.3, 0.4) is 0 Å². The van der Waals surface area contributed by atoms with Crippen LogP contribution >= 0.6 is 0 Å². The highest BCUT2D eigenvalue weighted by Crippen LogP contribution is 2.22. The molecule has 0 atom stereocenters. The van der Waals surface area contributed by atoms with Gasteiger partial charge in [0.1, 0.15) is 5.82 Å². The van der Waals surface area contributed by atoms with Gasteiger partial charge in [0.15, 0.2) is 0 Å². The van der Waals surface area contributed by atoms with Crippen molar-refractivity contribution in [1.29, 1.82) is 0 Å². The average molecular weight is 300 g/mol. The van der Waals surface area contributed by atoms with Gasteiger partial charge in [0.25, 0.3) is 0 Å². The van der Waals surface area contributed by atoms with Gasteiger partial charge in [0, 0.05) is 5.69 Å². The molecular weight excluding hydrogens is 280 g/mol. The number of hydrogen-bond acceptors (Lipinski definition) is 1. The molecule has 0 radical (unpaired) electrons. The Hall–Kier alpha value is -2.87. The van der Waals surface area contributed by atoms with Gasteiger partial charge >= 0.3 is 0 Å². The first-order chi connectivity index (χ1) is 11.3. The number of aromatic nitrogens is 2. The second-order valence-corrected chi connectivity index (χ2v) is 5.37. The van der Waals surface area contributed by atoms with Crippen LogP contribution in [-0.2, 0) is 0 Å². The van der Waals surface area contributed by atoms with Crippen molar-refractivity contribution in [2.24, 2.45) is 0 Å². The Labute approximate surface area is 137 Å². The smallest absolute Gasteiger partial charge is 0.110 e. The minimum atomic E-state index is 0.982. The van der Waals surface area contributed by atoms with Crippen molar-refractivity contribution in [2.75, 3.05) is 0 Å². The minimum Gasteiger partial charge on any atom is -0.297 e. The summed E-state index contributed by atoms with van der Waals surface area (Å²) in [4.78, 5) is 4.49. The van der Waals surface area contributed by atoms with Crippen LogP contribution in [-0.4, -0.2) is 9.55 Å². The maximum atomic E-state index is 4.49. The van der Waals surface area contributed by atoms with Crippen molar-refractivity contribution in [3.63, 3.8) is 0 Å². The van der Waals surface area contributed by atoms with Crippen LogP contribution < -0.4 is 0 Å². The third kappa shape index (κ3) is 3.32. The average Bonchev–Trinajstić information content (AvgIpc) is 2.96. The molecule has 0 aliphatic heterocycles. The molecule has 1 aromatic heterocycles. The minimum absolute atomic E-state index is 0.982. The van der Waals surface area contributed by atoms with Gasteiger partial charge in [-0.05, 0) is 43.2 Å². The molecule has 114 valence electrons. The first-order valence-corrected chi connectivity index (χ1v) is 7.79. The summed E-state index contributed by atoms with van der Waals surface area (Å²) in [5.41, 5.74) is 4.57. The van der Waals surface area contributed by atoms with Crippen molar-refractivity contribution in [2.45, 2.75) is 13.8 Å². The number of benzene rings is 2. The second kappa shape index (κ2) is 6.93. The number of aryl methyl sites for hydroxylation is 1. The third-order valence-electron chi connectivity index (χ3n) is 3.74. The van der Waals surface area contributed by atoms with Crippen molar-refractivity contribution < 1.29 is 0 Å². The summed E-state index contributed by atoms with van der Waals surface area (Å²) in [7, 11) is 0. The lowest BCUT2D eigenvalue weighted by Crippen LogP contribution is -1.99. The summed E-state index contributed by atoms with van der Waals surface area (Å²) in [5.74, 6) is 0.982. The van der Waals surface area contributed by atoms with Crippen LogP contribution in [0.25, 0.3) is 17.3 Å². The van der Waals surface area contributed by atoms with E-state index in [0.717, 1.165) is 17.2 Å². The normalized spacial score (nSPS) is 12.0. The topological polar surface area (TPSA) is 17.8 Å². The molecule has 3 rings (SSSR count). The van der Waals surface area contributed by atoms with E-state index in [1.807, 2.05) is 44.3 Å². The van der Waals surface area contributed by atoms with Gasteiger partial charge in [0.2, 0.25) is 0 Å². The SMILES string of the molecule is C/C=C\C(=C/c1cnc(C)n1-c1ccccc1)c1ccccc1. The molecule has 0 aliphatic rings. The molecule has 0 N–H and O–H groups in total. The molecule has 2 heteroatoms. The van der Waals surface area contributed by atoms with Gasteiger partial charge in [-0.2, -0.15) is 0 Å². The molecule has 0 bridgehead atoms. The third-order valence-corrected chi connectivity index (χ3v) is 3.74. The molecule has 1 heterocycles. The monoisotopic (exact) mass is 300 g/mol. The zero-order valence-electron chi connectivity index (χ0n) is 13.5. The molecule has 0 fully saturated rings. The Morgan fingerprint density at radius 2 is 1.61 bits per heavy atom. The first-order valence-electron chi connectivity index (χ1n) is 7.79. The van der Waals surface area contributed by atoms with Gasteiger partial charge in [-0.25, -0.2) is 4.98 Å². The highest BCUT2D eigenvalue weighted by molar-refractivity contribution is 5.87. The van der Waals surface area contributed by atoms with E-state index in [9.17, 15) is 0 Å². The van der Waals surface area contributed by atoms with Crippen LogP contribution in [0.1, 0.15) is 24.0 Å². The first kappa shape index (κ1) is 15.0. The highest BCUT2D eigenvalue weighted by Gasteiger charge is 2.08. The lowest BCUT2D eigenvalue weighted by Gasteiger charge is -2.09. The summed E-state index contributed by atoms with van der Waals surface area (Å²) in [6.45, 7) is 4.07. The summed E-state index contributed by atoms with van der Waals surface area (Å²) in [6.07, 6.45) is 8.30. The van der Waals surface area contributed by atoms with E-state index in [0.29, 0.717) is 0 Å². The Morgan fingerprint density at radius 3 is 2.26 bits per heavy atom. The van der Waals surface area contributed by atoms with Gasteiger partial charge in [-0.1, -0.05) is 60.7 Å². The van der Waals surface area contributed by atoms with E-state index in [1.165, 1.54) is 11.1 Å². The van der Waals surface area contributed by atoms with Crippen molar-refractivity contribution in [1.82, 2.24) is 9.55 Å². The summed E-state index contributed by atoms with van der Waals surface area (Å²) in [5, 5.41) is 0. The number of imidazole rings is 1. The van der Waals surface area contributed by atoms with Gasteiger partial charge in [-0.3, -0.25) is 4.57 Å². The zero-order valence-corrected chi connectivity index (χ0v) is 13.5. The lowest BCUT2D eigenvalue weighted by atomic mass is 10.0. The van der Waals surface area contributed by atoms with Crippen LogP contribution in [0.5, 0.6) is 0 Å². The second-order valence-electron chi connectivity index (χ2n) is 5.37. The Kier molecular flexibility index (Phi) is 4.53. The predicted octanol–water partition coefficient (Wildman–Crippen LogP) is 5.30. The van der Waals surface area contributed by atoms with Gasteiger partial charge in [-0.15, -0.1) is 0 Å². The molecule has 0 saturated heterocycles. The molecule has 3 aromatic rings. The lowest BCUT2D eigenvalue weighted by molar-refractivity contribution is 0.966. The van der Waals surface area contributed by atoms with Crippen LogP contribution in [0.4, 0.5) is 0 Å². The molecular formula is C21H20N2. The Balaban J connectivity index is 2.11. The number of nitrogens with zero attached hydrogens (tertiary/aromatic N) is 2. The number of rotatable bonds is 4. The molecule has 0 spiro atoms. The van der Waals surface area contributed by atoms with E-state index in [2.05, 4.69) is 64.2 Å². The largest absolute Gasteiger partial charge is 0.297 e. The highest BCUT2D eigenvalue weighted by atomic mass is 15.1. The fourth-order valence-electron chi connectivity index (χ4n) is 2.67. The number of hydrogen-bond donors (Lipinski definition) is 0. The molecule has 0 saturated carbocycles. The summed E-state index contributed by atoms with van der Waals surface area (Å²) < 4.78 is 2.17. The van der Waals surface area contributed by atoms with Crippen LogP contribution in [0.15, 0.2) is 79.0 Å². The van der Waals surface area contributed by atoms with E-state index in [-0.39, 0.29) is 0 Å². The molecule has 23 heavy (non-hydrogen) atoms. The van der Waals surface area contributed by atoms with Crippen molar-refractivity contribution in [3.8, 4) is 5.69 Å². The van der Waals surface area contributed by atoms with Crippen LogP contribution in [0, 0.1) is 6.92 Å². The summed E-state index contributed by atoms with van der Waals surface area (Å²) in [6, 6.07) is 20.7. The van der Waals surface area contributed by atoms with Crippen LogP contribution in [0.2, 0.25) is 0 Å². The standard InChI is InChI=1S/C21H20N2/c1-3-10-19(18-11-6-4-7-12-18)15-21-16-22-17(2)23(21)20-13-8-5-9-14-20/h3-16H,1-2H3/b10-3-,19-15+. The zero-order chi connectivity index (χ0) is 16.1. The van der Waals surface area contributed by atoms with E-state index < -0.39 is 0 Å². The molecule has 0 unspecified atom stereocenters. The van der Waals surface area contributed by atoms with Gasteiger partial charge < -0.3 is 0 Å². The number of para-hydroxylation sites is 1. The van der Waals surface area contributed by atoms with Crippen molar-refractivity contribution in [3.05, 3.63) is 96.1 Å². The van der Waals surface area contributed by atoms with Crippen molar-refractivity contribution >= 4 is 11.6 Å². The molecule has 2 nitrogen and oxygen atoms in total. The van der Waals surface area contributed by atoms with E-state index >= 15 is 0 Å². The number of allylic oxidation sites excluding steroid dienone is 3. The van der Waals surface area contributed by atoms with Gasteiger partial charge in [0.05, 0.1) is 11.9 Å². The van der Waals surface area contributed by atoms with E-state index in [4.69, 9.17) is 0 Å².